The Morgan fingerprint density at radius 2 is 1.95 bits per heavy atom. The lowest BCUT2D eigenvalue weighted by molar-refractivity contribution is 0.0779. The van der Waals surface area contributed by atoms with Crippen LogP contribution in [0.2, 0.25) is 5.02 Å². The van der Waals surface area contributed by atoms with Gasteiger partial charge in [0.2, 0.25) is 0 Å². The first kappa shape index (κ1) is 16.2. The van der Waals surface area contributed by atoms with Crippen LogP contribution in [0.25, 0.3) is 0 Å². The zero-order valence-corrected chi connectivity index (χ0v) is 12.8. The molecule has 116 valence electrons. The second-order valence-corrected chi connectivity index (χ2v) is 5.18. The highest BCUT2D eigenvalue weighted by Crippen LogP contribution is 2.24. The predicted molar refractivity (Wildman–Crippen MR) is 80.2 cm³/mol. The molecule has 0 aliphatic carbocycles. The minimum Gasteiger partial charge on any atom is -0.496 e. The Morgan fingerprint density at radius 1 is 1.23 bits per heavy atom. The number of amides is 1. The largest absolute Gasteiger partial charge is 0.496 e. The molecule has 0 saturated carbocycles. The Balaban J connectivity index is 2.23. The van der Waals surface area contributed by atoms with Gasteiger partial charge in [-0.2, -0.15) is 0 Å². The minimum absolute atomic E-state index is 0.180. The summed E-state index contributed by atoms with van der Waals surface area (Å²) in [6, 6.07) is 7.88. The Bertz CT molecular complexity index is 707. The predicted octanol–water partition coefficient (Wildman–Crippen LogP) is 3.90. The molecular formula is C16H14ClF2NO2. The monoisotopic (exact) mass is 325 g/mol. The van der Waals surface area contributed by atoms with Crippen LogP contribution >= 0.6 is 11.6 Å². The molecule has 0 heterocycles. The fraction of sp³-hybridized carbons (Fsp3) is 0.188. The molecule has 0 N–H and O–H groups in total. The molecule has 0 fully saturated rings. The molecule has 0 bridgehead atoms. The zero-order valence-electron chi connectivity index (χ0n) is 12.1. The fourth-order valence-electron chi connectivity index (χ4n) is 2.07. The molecule has 3 nitrogen and oxygen atoms in total. The molecule has 0 aromatic heterocycles. The Hall–Kier alpha value is -2.14. The molecule has 2 rings (SSSR count). The molecule has 22 heavy (non-hydrogen) atoms. The average Bonchev–Trinajstić information content (AvgIpc) is 2.47. The highest BCUT2D eigenvalue weighted by molar-refractivity contribution is 6.30. The van der Waals surface area contributed by atoms with Gasteiger partial charge in [0.15, 0.2) is 0 Å². The average molecular weight is 326 g/mol. The highest BCUT2D eigenvalue weighted by atomic mass is 35.5. The lowest BCUT2D eigenvalue weighted by Gasteiger charge is -2.19. The van der Waals surface area contributed by atoms with Gasteiger partial charge in [0.05, 0.1) is 12.7 Å². The van der Waals surface area contributed by atoms with E-state index in [1.54, 1.807) is 18.2 Å². The van der Waals surface area contributed by atoms with E-state index in [4.69, 9.17) is 16.3 Å². The van der Waals surface area contributed by atoms with E-state index >= 15 is 0 Å². The van der Waals surface area contributed by atoms with Crippen LogP contribution in [0.15, 0.2) is 36.4 Å². The van der Waals surface area contributed by atoms with Crippen LogP contribution in [0, 0.1) is 11.6 Å². The molecule has 0 aliphatic rings. The Morgan fingerprint density at radius 3 is 2.59 bits per heavy atom. The van der Waals surface area contributed by atoms with Gasteiger partial charge in [0.25, 0.3) is 5.91 Å². The van der Waals surface area contributed by atoms with E-state index < -0.39 is 17.5 Å². The molecule has 2 aromatic carbocycles. The van der Waals surface area contributed by atoms with Gasteiger partial charge in [0.1, 0.15) is 17.4 Å². The van der Waals surface area contributed by atoms with Crippen molar-refractivity contribution >= 4 is 17.5 Å². The van der Waals surface area contributed by atoms with Crippen molar-refractivity contribution < 1.29 is 18.3 Å². The maximum absolute atomic E-state index is 13.7. The molecule has 0 radical (unpaired) electrons. The Kier molecular flexibility index (Phi) is 4.98. The van der Waals surface area contributed by atoms with Crippen molar-refractivity contribution in [2.75, 3.05) is 14.2 Å². The van der Waals surface area contributed by atoms with E-state index in [0.29, 0.717) is 22.4 Å². The fourth-order valence-corrected chi connectivity index (χ4v) is 2.26. The van der Waals surface area contributed by atoms with Crippen LogP contribution in [0.4, 0.5) is 8.78 Å². The molecule has 0 unspecified atom stereocenters. The van der Waals surface area contributed by atoms with Crippen molar-refractivity contribution in [1.82, 2.24) is 4.90 Å². The molecule has 1 amide bonds. The summed E-state index contributed by atoms with van der Waals surface area (Å²) in [5.41, 5.74) is 0.498. The van der Waals surface area contributed by atoms with Gasteiger partial charge in [0, 0.05) is 30.2 Å². The first-order valence-electron chi connectivity index (χ1n) is 6.45. The SMILES string of the molecule is COc1ccc(Cl)cc1CN(C)C(=O)c1ccc(F)cc1F. The standard InChI is InChI=1S/C16H14ClF2NO2/c1-20(9-10-7-11(17)3-6-15(10)22-2)16(21)13-5-4-12(18)8-14(13)19/h3-8H,9H2,1-2H3. The van der Waals surface area contributed by atoms with Gasteiger partial charge in [-0.15, -0.1) is 0 Å². The van der Waals surface area contributed by atoms with Crippen LogP contribution in [0.5, 0.6) is 5.75 Å². The smallest absolute Gasteiger partial charge is 0.256 e. The maximum Gasteiger partial charge on any atom is 0.256 e. The van der Waals surface area contributed by atoms with Crippen LogP contribution < -0.4 is 4.74 Å². The third-order valence-electron chi connectivity index (χ3n) is 3.16. The number of benzene rings is 2. The normalized spacial score (nSPS) is 10.4. The van der Waals surface area contributed by atoms with Crippen LogP contribution in [0.1, 0.15) is 15.9 Å². The van der Waals surface area contributed by atoms with Gasteiger partial charge in [-0.1, -0.05) is 11.6 Å². The van der Waals surface area contributed by atoms with Gasteiger partial charge in [-0.05, 0) is 30.3 Å². The van der Waals surface area contributed by atoms with E-state index in [1.165, 1.54) is 19.1 Å². The van der Waals surface area contributed by atoms with Gasteiger partial charge >= 0.3 is 0 Å². The van der Waals surface area contributed by atoms with Gasteiger partial charge in [-0.3, -0.25) is 4.79 Å². The number of halogens is 3. The molecule has 0 aliphatic heterocycles. The van der Waals surface area contributed by atoms with Crippen molar-refractivity contribution in [1.29, 1.82) is 0 Å². The lowest BCUT2D eigenvalue weighted by atomic mass is 10.1. The Labute approximate surface area is 132 Å². The van der Waals surface area contributed by atoms with Crippen molar-refractivity contribution in [3.8, 4) is 5.75 Å². The number of hydrogen-bond acceptors (Lipinski definition) is 2. The quantitative estimate of drug-likeness (QED) is 0.853. The van der Waals surface area contributed by atoms with Crippen molar-refractivity contribution in [3.63, 3.8) is 0 Å². The summed E-state index contributed by atoms with van der Waals surface area (Å²) in [5.74, 6) is -1.61. The summed E-state index contributed by atoms with van der Waals surface area (Å²) in [7, 11) is 3.03. The number of carbonyl (C=O) groups is 1. The van der Waals surface area contributed by atoms with E-state index in [2.05, 4.69) is 0 Å². The minimum atomic E-state index is -0.894. The number of carbonyl (C=O) groups excluding carboxylic acids is 1. The van der Waals surface area contributed by atoms with E-state index in [1.807, 2.05) is 0 Å². The summed E-state index contributed by atoms with van der Waals surface area (Å²) in [6.45, 7) is 0.180. The van der Waals surface area contributed by atoms with E-state index in [9.17, 15) is 13.6 Å². The number of rotatable bonds is 4. The topological polar surface area (TPSA) is 29.5 Å². The van der Waals surface area contributed by atoms with Crippen LogP contribution in [-0.2, 0) is 6.54 Å². The first-order chi connectivity index (χ1) is 10.4. The molecule has 6 heteroatoms. The number of hydrogen-bond donors (Lipinski definition) is 0. The second-order valence-electron chi connectivity index (χ2n) is 4.74. The summed E-state index contributed by atoms with van der Waals surface area (Å²) in [5, 5.41) is 0.504. The van der Waals surface area contributed by atoms with Crippen molar-refractivity contribution in [2.45, 2.75) is 6.54 Å². The summed E-state index contributed by atoms with van der Waals surface area (Å²) in [4.78, 5) is 13.6. The summed E-state index contributed by atoms with van der Waals surface area (Å²) in [6.07, 6.45) is 0. The van der Waals surface area contributed by atoms with E-state index in [-0.39, 0.29) is 12.1 Å². The summed E-state index contributed by atoms with van der Waals surface area (Å²) >= 11 is 5.94. The maximum atomic E-state index is 13.7. The third-order valence-corrected chi connectivity index (χ3v) is 3.39. The first-order valence-corrected chi connectivity index (χ1v) is 6.83. The number of ether oxygens (including phenoxy) is 1. The molecule has 0 saturated heterocycles. The summed E-state index contributed by atoms with van der Waals surface area (Å²) < 4.78 is 31.8. The van der Waals surface area contributed by atoms with Crippen molar-refractivity contribution in [2.24, 2.45) is 0 Å². The zero-order chi connectivity index (χ0) is 16.3. The van der Waals surface area contributed by atoms with Crippen molar-refractivity contribution in [3.05, 3.63) is 64.2 Å². The highest BCUT2D eigenvalue weighted by Gasteiger charge is 2.18. The molecule has 0 spiro atoms. The van der Waals surface area contributed by atoms with Crippen LogP contribution in [0.3, 0.4) is 0 Å². The number of nitrogens with zero attached hydrogens (tertiary/aromatic N) is 1. The molecule has 0 atom stereocenters. The number of methoxy groups -OCH3 is 1. The third kappa shape index (κ3) is 3.54. The van der Waals surface area contributed by atoms with Gasteiger partial charge < -0.3 is 9.64 Å². The van der Waals surface area contributed by atoms with Crippen LogP contribution in [-0.4, -0.2) is 25.0 Å². The van der Waals surface area contributed by atoms with Gasteiger partial charge in [-0.25, -0.2) is 8.78 Å². The second kappa shape index (κ2) is 6.75. The lowest BCUT2D eigenvalue weighted by Crippen LogP contribution is -2.27. The molecule has 2 aromatic rings. The molecular weight excluding hydrogens is 312 g/mol. The van der Waals surface area contributed by atoms with E-state index in [0.717, 1.165) is 12.1 Å².